The number of hydrazine groups is 1. The molecule has 2 aliphatic heterocycles. The Bertz CT molecular complexity index is 1820. The Kier molecular flexibility index (Phi) is 15.2. The quantitative estimate of drug-likeness (QED) is 0.0956. The summed E-state index contributed by atoms with van der Waals surface area (Å²) in [5.74, 6) is -2.04. The van der Waals surface area contributed by atoms with E-state index in [9.17, 15) is 19.8 Å². The van der Waals surface area contributed by atoms with E-state index in [2.05, 4.69) is 31.2 Å². The van der Waals surface area contributed by atoms with Crippen LogP contribution in [0.25, 0.3) is 17.0 Å². The van der Waals surface area contributed by atoms with Gasteiger partial charge in [0.25, 0.3) is 5.91 Å². The summed E-state index contributed by atoms with van der Waals surface area (Å²) < 4.78 is 12.2. The first-order valence-corrected chi connectivity index (χ1v) is 18.2. The highest BCUT2D eigenvalue weighted by Gasteiger charge is 2.43. The maximum Gasteiger partial charge on any atom is 0.310 e. The number of aryl methyl sites for hydroxylation is 1. The molecular weight excluding hydrogens is 690 g/mol. The summed E-state index contributed by atoms with van der Waals surface area (Å²) in [5.41, 5.74) is 13.3. The first kappa shape index (κ1) is 41.6. The molecule has 0 fully saturated rings. The number of hydrogen-bond donors (Lipinski definition) is 5. The molecule has 54 heavy (non-hydrogen) atoms. The standard InChI is InChI=1S/C21H29N5O4.C16H18N4O2.C2H6/c1-4-11-26(15-30-3)21(28,29)20(27)25-12-9-17(10-13-25)16-5-7-18(8-6-16)19-22-14-24(2)23-19;1-10(2)22-15-6-3-11(8-17-15)16-13-7-12(18-9-21)4-5-14(13)19-20-16;1-2/h5-9,14,28-29H,4,10-13,15H2,1-3H3;3-10,16,19-20H,1-2H3,(H,18,21);1-2H3. The summed E-state index contributed by atoms with van der Waals surface area (Å²) in [6.45, 7) is 10.8. The van der Waals surface area contributed by atoms with Crippen LogP contribution in [0.15, 0.2) is 73.2 Å². The molecule has 2 aromatic carbocycles. The van der Waals surface area contributed by atoms with E-state index in [0.29, 0.717) is 50.6 Å². The lowest BCUT2D eigenvalue weighted by Gasteiger charge is -2.37. The molecule has 0 spiro atoms. The van der Waals surface area contributed by atoms with Gasteiger partial charge in [-0.2, -0.15) is 5.10 Å². The predicted octanol–water partition coefficient (Wildman–Crippen LogP) is 4.53. The van der Waals surface area contributed by atoms with Gasteiger partial charge in [-0.1, -0.05) is 57.2 Å². The Morgan fingerprint density at radius 2 is 1.85 bits per heavy atom. The molecule has 0 aliphatic carbocycles. The maximum atomic E-state index is 12.7. The Morgan fingerprint density at radius 1 is 1.11 bits per heavy atom. The van der Waals surface area contributed by atoms with Gasteiger partial charge in [0.1, 0.15) is 13.1 Å². The molecule has 2 amide bonds. The van der Waals surface area contributed by atoms with Gasteiger partial charge in [-0.3, -0.25) is 14.3 Å². The highest BCUT2D eigenvalue weighted by Crippen LogP contribution is 2.35. The van der Waals surface area contributed by atoms with Crippen LogP contribution in [0.2, 0.25) is 0 Å². The average molecular weight is 744 g/mol. The Hall–Kier alpha value is -5.19. The Labute approximate surface area is 317 Å². The molecule has 1 atom stereocenters. The van der Waals surface area contributed by atoms with Crippen LogP contribution >= 0.6 is 0 Å². The minimum atomic E-state index is -2.59. The fourth-order valence-electron chi connectivity index (χ4n) is 5.94. The Morgan fingerprint density at radius 3 is 2.43 bits per heavy atom. The number of hydrogen-bond acceptors (Lipinski definition) is 12. The van der Waals surface area contributed by atoms with Crippen molar-refractivity contribution in [2.45, 2.75) is 65.5 Å². The van der Waals surface area contributed by atoms with Crippen molar-refractivity contribution < 1.29 is 29.3 Å². The van der Waals surface area contributed by atoms with Crippen LogP contribution in [0.5, 0.6) is 5.88 Å². The number of nitrogens with one attached hydrogen (secondary N) is 3. The topological polar surface area (TPSA) is 179 Å². The number of aromatic nitrogens is 4. The first-order valence-electron chi connectivity index (χ1n) is 18.2. The van der Waals surface area contributed by atoms with Crippen molar-refractivity contribution in [2.75, 3.05) is 44.2 Å². The highest BCUT2D eigenvalue weighted by molar-refractivity contribution is 5.84. The summed E-state index contributed by atoms with van der Waals surface area (Å²) in [4.78, 5) is 34.6. The van der Waals surface area contributed by atoms with E-state index in [1.165, 1.54) is 16.9 Å². The zero-order valence-corrected chi connectivity index (χ0v) is 32.1. The highest BCUT2D eigenvalue weighted by atomic mass is 16.6. The molecule has 2 aromatic heterocycles. The van der Waals surface area contributed by atoms with E-state index in [1.54, 1.807) is 17.2 Å². The molecule has 5 N–H and O–H groups in total. The maximum absolute atomic E-state index is 12.7. The predicted molar refractivity (Wildman–Crippen MR) is 208 cm³/mol. The van der Waals surface area contributed by atoms with Crippen LogP contribution in [0.4, 0.5) is 11.4 Å². The zero-order valence-electron chi connectivity index (χ0n) is 32.1. The molecule has 0 bridgehead atoms. The second-order valence-electron chi connectivity index (χ2n) is 12.7. The van der Waals surface area contributed by atoms with Crippen molar-refractivity contribution >= 4 is 29.3 Å². The number of aliphatic hydroxyl groups is 2. The number of anilines is 2. The monoisotopic (exact) mass is 743 g/mol. The minimum absolute atomic E-state index is 0.0241. The van der Waals surface area contributed by atoms with Crippen LogP contribution in [-0.4, -0.2) is 97.6 Å². The van der Waals surface area contributed by atoms with Crippen LogP contribution in [0.3, 0.4) is 0 Å². The fourth-order valence-corrected chi connectivity index (χ4v) is 5.94. The average Bonchev–Trinajstić information content (AvgIpc) is 3.82. The van der Waals surface area contributed by atoms with Crippen molar-refractivity contribution in [1.82, 2.24) is 35.0 Å². The van der Waals surface area contributed by atoms with Gasteiger partial charge in [-0.05, 0) is 61.6 Å². The molecule has 0 radical (unpaired) electrons. The molecule has 1 unspecified atom stereocenters. The summed E-state index contributed by atoms with van der Waals surface area (Å²) in [6, 6.07) is 17.5. The molecule has 0 saturated carbocycles. The van der Waals surface area contributed by atoms with Crippen LogP contribution in [0, 0.1) is 0 Å². The normalized spacial score (nSPS) is 14.9. The molecule has 290 valence electrons. The molecule has 4 heterocycles. The lowest BCUT2D eigenvalue weighted by atomic mass is 9.98. The molecule has 2 aliphatic rings. The van der Waals surface area contributed by atoms with Crippen LogP contribution in [-0.2, 0) is 21.4 Å². The summed E-state index contributed by atoms with van der Waals surface area (Å²) in [6.07, 6.45) is 7.47. The van der Waals surface area contributed by atoms with Crippen molar-refractivity contribution in [3.05, 3.63) is 89.9 Å². The summed E-state index contributed by atoms with van der Waals surface area (Å²) in [5, 5.41) is 27.9. The SMILES string of the molecule is CC.CC(C)Oc1ccc(C2NNc3ccc(NC=O)cc32)cn1.CCCN(COC)C(O)(O)C(=O)N1CC=C(c2ccc(-c3ncn(C)n3)cc2)CC1. The van der Waals surface area contributed by atoms with Gasteiger partial charge in [-0.15, -0.1) is 0 Å². The molecule has 4 aromatic rings. The largest absolute Gasteiger partial charge is 0.475 e. The van der Waals surface area contributed by atoms with E-state index < -0.39 is 11.8 Å². The second kappa shape index (κ2) is 19.8. The molecule has 0 saturated heterocycles. The minimum Gasteiger partial charge on any atom is -0.475 e. The number of carbonyl (C=O) groups is 2. The van der Waals surface area contributed by atoms with E-state index in [1.807, 2.05) is 102 Å². The smallest absolute Gasteiger partial charge is 0.310 e. The molecular formula is C39H53N9O6. The number of carbonyl (C=O) groups excluding carboxylic acids is 2. The number of fused-ring (bicyclic) bond motifs is 1. The van der Waals surface area contributed by atoms with Gasteiger partial charge in [0.05, 0.1) is 17.8 Å². The lowest BCUT2D eigenvalue weighted by molar-refractivity contribution is -0.271. The first-order chi connectivity index (χ1) is 26.0. The van der Waals surface area contributed by atoms with Gasteiger partial charge in [0.2, 0.25) is 12.3 Å². The van der Waals surface area contributed by atoms with E-state index in [-0.39, 0.29) is 18.9 Å². The van der Waals surface area contributed by atoms with Gasteiger partial charge in [0.15, 0.2) is 5.82 Å². The van der Waals surface area contributed by atoms with Gasteiger partial charge in [0, 0.05) is 62.9 Å². The van der Waals surface area contributed by atoms with E-state index >= 15 is 0 Å². The molecule has 6 rings (SSSR count). The number of benzene rings is 2. The third-order valence-electron chi connectivity index (χ3n) is 8.50. The van der Waals surface area contributed by atoms with Gasteiger partial charge in [-0.25, -0.2) is 20.3 Å². The number of pyridine rings is 1. The second-order valence-corrected chi connectivity index (χ2v) is 12.7. The summed E-state index contributed by atoms with van der Waals surface area (Å²) in [7, 11) is 3.28. The number of rotatable bonds is 13. The molecule has 15 heteroatoms. The number of methoxy groups -OCH3 is 1. The van der Waals surface area contributed by atoms with E-state index in [0.717, 1.165) is 39.2 Å². The van der Waals surface area contributed by atoms with Crippen LogP contribution in [0.1, 0.15) is 70.2 Å². The van der Waals surface area contributed by atoms with Crippen molar-refractivity contribution in [2.24, 2.45) is 7.05 Å². The fraction of sp³-hybridized carbons (Fsp3) is 0.410. The van der Waals surface area contributed by atoms with Crippen molar-refractivity contribution in [1.29, 1.82) is 0 Å². The van der Waals surface area contributed by atoms with E-state index in [4.69, 9.17) is 9.47 Å². The van der Waals surface area contributed by atoms with Crippen LogP contribution < -0.4 is 20.9 Å². The number of ether oxygens (including phenoxy) is 2. The van der Waals surface area contributed by atoms with Gasteiger partial charge >= 0.3 is 5.91 Å². The lowest BCUT2D eigenvalue weighted by Crippen LogP contribution is -2.61. The third kappa shape index (κ3) is 10.5. The zero-order chi connectivity index (χ0) is 39.3. The Balaban J connectivity index is 0.000000240. The van der Waals surface area contributed by atoms with Crippen molar-refractivity contribution in [3.63, 3.8) is 0 Å². The summed E-state index contributed by atoms with van der Waals surface area (Å²) >= 11 is 0. The third-order valence-corrected chi connectivity index (χ3v) is 8.50. The number of nitrogens with zero attached hydrogens (tertiary/aromatic N) is 6. The molecule has 15 nitrogen and oxygen atoms in total. The number of amides is 2. The van der Waals surface area contributed by atoms with Crippen molar-refractivity contribution in [3.8, 4) is 17.3 Å². The van der Waals surface area contributed by atoms with Gasteiger partial charge < -0.3 is 35.3 Å².